The summed E-state index contributed by atoms with van der Waals surface area (Å²) >= 11 is 6.34. The molecule has 1 N–H and O–H groups in total. The lowest BCUT2D eigenvalue weighted by molar-refractivity contribution is -0.140. The summed E-state index contributed by atoms with van der Waals surface area (Å²) in [4.78, 5) is 27.6. The molecular weight excluding hydrogens is 458 g/mol. The molecule has 0 bridgehead atoms. The van der Waals surface area contributed by atoms with E-state index in [1.54, 1.807) is 42.5 Å². The molecule has 1 unspecified atom stereocenters. The van der Waals surface area contributed by atoms with Crippen molar-refractivity contribution in [2.75, 3.05) is 13.2 Å². The van der Waals surface area contributed by atoms with Gasteiger partial charge in [-0.3, -0.25) is 9.59 Å². The van der Waals surface area contributed by atoms with Crippen molar-refractivity contribution >= 4 is 29.1 Å². The number of likely N-dealkylation sites (tertiary alicyclic amines) is 1. The second kappa shape index (κ2) is 10.1. The maximum atomic E-state index is 13.1. The molecule has 1 aliphatic heterocycles. The molecule has 1 amide bonds. The van der Waals surface area contributed by atoms with E-state index in [1.165, 1.54) is 11.2 Å². The molecule has 3 aromatic rings. The van der Waals surface area contributed by atoms with Crippen LogP contribution < -0.4 is 9.47 Å². The Hall–Kier alpha value is -3.71. The molecule has 34 heavy (non-hydrogen) atoms. The van der Waals surface area contributed by atoms with Crippen LogP contribution in [0.5, 0.6) is 11.5 Å². The standard InChI is InChI=1S/C26H24ClNO6/c1-3-32-17-9-7-16(8-10-17)15-28-23(21-6-5-13-34-21)22(25(30)26(28)31)24(29)19-14-18(33-4-2)11-12-20(19)27/h5-14,23,29H,3-4,15H2,1-2H3/b24-22-. The van der Waals surface area contributed by atoms with Crippen LogP contribution in [0.1, 0.15) is 36.8 Å². The topological polar surface area (TPSA) is 89.2 Å². The van der Waals surface area contributed by atoms with Crippen LogP contribution in [0.15, 0.2) is 70.9 Å². The van der Waals surface area contributed by atoms with Crippen molar-refractivity contribution in [3.8, 4) is 11.5 Å². The Morgan fingerprint density at radius 1 is 1.03 bits per heavy atom. The quantitative estimate of drug-likeness (QED) is 0.265. The zero-order valence-corrected chi connectivity index (χ0v) is 19.5. The van der Waals surface area contributed by atoms with Crippen molar-refractivity contribution in [2.45, 2.75) is 26.4 Å². The molecule has 0 radical (unpaired) electrons. The molecule has 2 aromatic carbocycles. The number of carbonyl (C=O) groups excluding carboxylic acids is 2. The average molecular weight is 482 g/mol. The van der Waals surface area contributed by atoms with Gasteiger partial charge in [0.25, 0.3) is 11.7 Å². The van der Waals surface area contributed by atoms with Gasteiger partial charge in [0, 0.05) is 12.1 Å². The van der Waals surface area contributed by atoms with Gasteiger partial charge in [-0.1, -0.05) is 23.7 Å². The average Bonchev–Trinajstić information content (AvgIpc) is 3.44. The largest absolute Gasteiger partial charge is 0.507 e. The third kappa shape index (κ3) is 4.52. The molecular formula is C26H24ClNO6. The van der Waals surface area contributed by atoms with Crippen LogP contribution in [0.4, 0.5) is 0 Å². The number of Topliss-reactive ketones (excluding diaryl/α,β-unsaturated/α-hetero) is 1. The van der Waals surface area contributed by atoms with Crippen molar-refractivity contribution < 1.29 is 28.6 Å². The first-order chi connectivity index (χ1) is 16.4. The van der Waals surface area contributed by atoms with E-state index in [4.69, 9.17) is 25.5 Å². The van der Waals surface area contributed by atoms with E-state index in [2.05, 4.69) is 0 Å². The first-order valence-corrected chi connectivity index (χ1v) is 11.3. The summed E-state index contributed by atoms with van der Waals surface area (Å²) in [5.74, 6) is -0.410. The lowest BCUT2D eigenvalue weighted by Crippen LogP contribution is -2.29. The second-order valence-corrected chi connectivity index (χ2v) is 8.00. The van der Waals surface area contributed by atoms with Crippen LogP contribution in [0.2, 0.25) is 5.02 Å². The molecule has 8 heteroatoms. The number of halogens is 1. The molecule has 7 nitrogen and oxygen atoms in total. The van der Waals surface area contributed by atoms with Crippen LogP contribution in [0.3, 0.4) is 0 Å². The molecule has 1 aromatic heterocycles. The number of carbonyl (C=O) groups is 2. The number of furan rings is 1. The minimum Gasteiger partial charge on any atom is -0.507 e. The van der Waals surface area contributed by atoms with Gasteiger partial charge in [0.05, 0.1) is 30.1 Å². The Bertz CT molecular complexity index is 1220. The molecule has 1 aliphatic rings. The highest BCUT2D eigenvalue weighted by Crippen LogP contribution is 2.42. The zero-order valence-electron chi connectivity index (χ0n) is 18.8. The highest BCUT2D eigenvalue weighted by Gasteiger charge is 2.47. The lowest BCUT2D eigenvalue weighted by atomic mass is 9.99. The predicted octanol–water partition coefficient (Wildman–Crippen LogP) is 5.35. The van der Waals surface area contributed by atoms with Gasteiger partial charge in [0.1, 0.15) is 29.1 Å². The van der Waals surface area contributed by atoms with Gasteiger partial charge in [0.2, 0.25) is 0 Å². The predicted molar refractivity (Wildman–Crippen MR) is 127 cm³/mol. The van der Waals surface area contributed by atoms with Gasteiger partial charge in [-0.15, -0.1) is 0 Å². The van der Waals surface area contributed by atoms with Crippen LogP contribution in [0, 0.1) is 0 Å². The third-order valence-electron chi connectivity index (χ3n) is 5.44. The fourth-order valence-corrected chi connectivity index (χ4v) is 4.13. The highest BCUT2D eigenvalue weighted by atomic mass is 35.5. The van der Waals surface area contributed by atoms with Crippen LogP contribution >= 0.6 is 11.6 Å². The Kier molecular flexibility index (Phi) is 6.93. The minimum absolute atomic E-state index is 0.0959. The smallest absolute Gasteiger partial charge is 0.296 e. The number of nitrogens with zero attached hydrogens (tertiary/aromatic N) is 1. The number of hydrogen-bond acceptors (Lipinski definition) is 6. The van der Waals surface area contributed by atoms with Crippen LogP contribution in [-0.4, -0.2) is 34.9 Å². The molecule has 1 fully saturated rings. The van der Waals surface area contributed by atoms with E-state index < -0.39 is 17.7 Å². The molecule has 1 atom stereocenters. The molecule has 2 heterocycles. The fourth-order valence-electron chi connectivity index (χ4n) is 3.93. The van der Waals surface area contributed by atoms with Crippen molar-refractivity contribution in [3.63, 3.8) is 0 Å². The minimum atomic E-state index is -0.923. The molecule has 1 saturated heterocycles. The van der Waals surface area contributed by atoms with Gasteiger partial charge in [0.15, 0.2) is 0 Å². The lowest BCUT2D eigenvalue weighted by Gasteiger charge is -2.23. The number of hydrogen-bond donors (Lipinski definition) is 1. The monoisotopic (exact) mass is 481 g/mol. The summed E-state index contributed by atoms with van der Waals surface area (Å²) in [5.41, 5.74) is 0.892. The number of ether oxygens (including phenoxy) is 2. The van der Waals surface area contributed by atoms with E-state index in [-0.39, 0.29) is 28.5 Å². The van der Waals surface area contributed by atoms with E-state index in [0.717, 1.165) is 5.56 Å². The van der Waals surface area contributed by atoms with Gasteiger partial charge in [-0.05, 0) is 61.9 Å². The van der Waals surface area contributed by atoms with E-state index in [1.807, 2.05) is 26.0 Å². The molecule has 4 rings (SSSR count). The van der Waals surface area contributed by atoms with Gasteiger partial charge in [-0.25, -0.2) is 0 Å². The maximum absolute atomic E-state index is 13.1. The fraction of sp³-hybridized carbons (Fsp3) is 0.231. The molecule has 0 spiro atoms. The summed E-state index contributed by atoms with van der Waals surface area (Å²) in [6, 6.07) is 14.4. The number of aliphatic hydroxyl groups excluding tert-OH is 1. The van der Waals surface area contributed by atoms with Gasteiger partial charge < -0.3 is 23.9 Å². The summed E-state index contributed by atoms with van der Waals surface area (Å²) in [7, 11) is 0. The Morgan fingerprint density at radius 3 is 2.35 bits per heavy atom. The second-order valence-electron chi connectivity index (χ2n) is 7.59. The normalized spacial score (nSPS) is 17.3. The van der Waals surface area contributed by atoms with Crippen LogP contribution in [-0.2, 0) is 16.1 Å². The van der Waals surface area contributed by atoms with E-state index >= 15 is 0 Å². The Labute approximate surface area is 202 Å². The van der Waals surface area contributed by atoms with Gasteiger partial charge in [-0.2, -0.15) is 0 Å². The summed E-state index contributed by atoms with van der Waals surface area (Å²) < 4.78 is 16.5. The SMILES string of the molecule is CCOc1ccc(CN2C(=O)C(=O)/C(=C(\O)c3cc(OCC)ccc3Cl)C2c2ccco2)cc1. The van der Waals surface area contributed by atoms with Crippen molar-refractivity contribution in [1.29, 1.82) is 0 Å². The molecule has 0 aliphatic carbocycles. The number of ketones is 1. The maximum Gasteiger partial charge on any atom is 0.296 e. The number of benzene rings is 2. The van der Waals surface area contributed by atoms with Gasteiger partial charge >= 0.3 is 0 Å². The Morgan fingerprint density at radius 2 is 1.71 bits per heavy atom. The summed E-state index contributed by atoms with van der Waals surface area (Å²) in [6.07, 6.45) is 1.45. The zero-order chi connectivity index (χ0) is 24.2. The third-order valence-corrected chi connectivity index (χ3v) is 5.77. The van der Waals surface area contributed by atoms with E-state index in [0.29, 0.717) is 30.5 Å². The number of aliphatic hydroxyl groups is 1. The van der Waals surface area contributed by atoms with Crippen molar-refractivity contribution in [1.82, 2.24) is 4.90 Å². The highest BCUT2D eigenvalue weighted by molar-refractivity contribution is 6.46. The number of rotatable bonds is 8. The Balaban J connectivity index is 1.78. The first-order valence-electron chi connectivity index (χ1n) is 10.9. The summed E-state index contributed by atoms with van der Waals surface area (Å²) in [5, 5.41) is 11.4. The number of amides is 1. The van der Waals surface area contributed by atoms with Crippen molar-refractivity contribution in [2.24, 2.45) is 0 Å². The molecule has 0 saturated carbocycles. The first kappa shape index (κ1) is 23.4. The van der Waals surface area contributed by atoms with Crippen LogP contribution in [0.25, 0.3) is 5.76 Å². The van der Waals surface area contributed by atoms with E-state index in [9.17, 15) is 14.7 Å². The summed E-state index contributed by atoms with van der Waals surface area (Å²) in [6.45, 7) is 4.82. The molecule has 176 valence electrons. The van der Waals surface area contributed by atoms with Crippen molar-refractivity contribution in [3.05, 3.63) is 88.3 Å².